The number of hydrogen-bond donors (Lipinski definition) is 2. The van der Waals surface area contributed by atoms with Gasteiger partial charge in [-0.1, -0.05) is 26.8 Å². The molecule has 0 aliphatic carbocycles. The van der Waals surface area contributed by atoms with Crippen LogP contribution in [0.15, 0.2) is 24.3 Å². The van der Waals surface area contributed by atoms with E-state index in [-0.39, 0.29) is 11.8 Å². The molecule has 21 heavy (non-hydrogen) atoms. The third-order valence-electron chi connectivity index (χ3n) is 3.34. The number of nitrogens with one attached hydrogen (secondary N) is 2. The van der Waals surface area contributed by atoms with Crippen molar-refractivity contribution in [1.82, 2.24) is 10.2 Å². The molecule has 2 N–H and O–H groups in total. The fourth-order valence-corrected chi connectivity index (χ4v) is 1.96. The summed E-state index contributed by atoms with van der Waals surface area (Å²) < 4.78 is 0. The smallest absolute Gasteiger partial charge is 0.251 e. The summed E-state index contributed by atoms with van der Waals surface area (Å²) in [5, 5.41) is 5.65. The molecule has 1 aromatic carbocycles. The molecule has 5 heteroatoms. The van der Waals surface area contributed by atoms with E-state index in [1.165, 1.54) is 0 Å². The minimum atomic E-state index is -0.116. The summed E-state index contributed by atoms with van der Waals surface area (Å²) in [5.41, 5.74) is 1.21. The third kappa shape index (κ3) is 5.95. The zero-order valence-corrected chi connectivity index (χ0v) is 13.1. The van der Waals surface area contributed by atoms with Crippen molar-refractivity contribution in [3.63, 3.8) is 0 Å². The molecule has 2 amide bonds. The van der Waals surface area contributed by atoms with E-state index < -0.39 is 0 Å². The third-order valence-corrected chi connectivity index (χ3v) is 3.34. The molecular formula is C16H25N3O2. The molecule has 0 aliphatic heterocycles. The van der Waals surface area contributed by atoms with Gasteiger partial charge in [-0.05, 0) is 31.3 Å². The highest BCUT2D eigenvalue weighted by atomic mass is 16.2. The van der Waals surface area contributed by atoms with Gasteiger partial charge in [0.15, 0.2) is 0 Å². The van der Waals surface area contributed by atoms with Gasteiger partial charge in [0.25, 0.3) is 5.91 Å². The van der Waals surface area contributed by atoms with Crippen LogP contribution in [0.4, 0.5) is 5.69 Å². The van der Waals surface area contributed by atoms with Crippen molar-refractivity contribution in [2.45, 2.75) is 27.2 Å². The minimum absolute atomic E-state index is 0.0610. The van der Waals surface area contributed by atoms with Gasteiger partial charge in [0.05, 0.1) is 0 Å². The van der Waals surface area contributed by atoms with E-state index >= 15 is 0 Å². The molecule has 0 radical (unpaired) electrons. The summed E-state index contributed by atoms with van der Waals surface area (Å²) in [6, 6.07) is 6.99. The summed E-state index contributed by atoms with van der Waals surface area (Å²) in [5.74, 6) is -0.177. The Kier molecular flexibility index (Phi) is 7.46. The van der Waals surface area contributed by atoms with E-state index in [4.69, 9.17) is 0 Å². The van der Waals surface area contributed by atoms with Gasteiger partial charge in [-0.15, -0.1) is 0 Å². The Labute approximate surface area is 126 Å². The fraction of sp³-hybridized carbons (Fsp3) is 0.500. The second-order valence-corrected chi connectivity index (χ2v) is 4.77. The predicted molar refractivity (Wildman–Crippen MR) is 85.5 cm³/mol. The van der Waals surface area contributed by atoms with E-state index in [1.54, 1.807) is 31.2 Å². The maximum atomic E-state index is 12.1. The molecule has 116 valence electrons. The molecule has 0 saturated heterocycles. The molecule has 0 spiro atoms. The van der Waals surface area contributed by atoms with E-state index in [2.05, 4.69) is 29.4 Å². The average Bonchev–Trinajstić information content (AvgIpc) is 2.51. The summed E-state index contributed by atoms with van der Waals surface area (Å²) >= 11 is 0. The second-order valence-electron chi connectivity index (χ2n) is 4.77. The molecule has 0 atom stereocenters. The van der Waals surface area contributed by atoms with E-state index in [1.807, 2.05) is 0 Å². The van der Waals surface area contributed by atoms with Crippen LogP contribution in [0.25, 0.3) is 0 Å². The highest BCUT2D eigenvalue weighted by Crippen LogP contribution is 2.10. The van der Waals surface area contributed by atoms with Crippen LogP contribution in [0.3, 0.4) is 0 Å². The Bertz CT molecular complexity index is 470. The van der Waals surface area contributed by atoms with Crippen molar-refractivity contribution in [3.8, 4) is 0 Å². The maximum Gasteiger partial charge on any atom is 0.251 e. The quantitative estimate of drug-likeness (QED) is 0.771. The number of amides is 2. The first-order valence-electron chi connectivity index (χ1n) is 7.51. The molecule has 1 rings (SSSR count). The van der Waals surface area contributed by atoms with Gasteiger partial charge in [0, 0.05) is 30.8 Å². The monoisotopic (exact) mass is 291 g/mol. The Balaban J connectivity index is 2.54. The van der Waals surface area contributed by atoms with Crippen LogP contribution in [0, 0.1) is 0 Å². The average molecular weight is 291 g/mol. The molecule has 0 bridgehead atoms. The summed E-state index contributed by atoms with van der Waals surface area (Å²) in [6.07, 6.45) is 0.417. The Morgan fingerprint density at radius 3 is 2.48 bits per heavy atom. The largest absolute Gasteiger partial charge is 0.351 e. The van der Waals surface area contributed by atoms with Crippen molar-refractivity contribution in [2.75, 3.05) is 31.5 Å². The van der Waals surface area contributed by atoms with Crippen LogP contribution in [0.5, 0.6) is 0 Å². The maximum absolute atomic E-state index is 12.1. The van der Waals surface area contributed by atoms with Gasteiger partial charge < -0.3 is 15.5 Å². The van der Waals surface area contributed by atoms with E-state index in [0.717, 1.165) is 19.6 Å². The minimum Gasteiger partial charge on any atom is -0.351 e. The zero-order chi connectivity index (χ0) is 15.7. The lowest BCUT2D eigenvalue weighted by Gasteiger charge is -2.18. The Morgan fingerprint density at radius 2 is 1.86 bits per heavy atom. The normalized spacial score (nSPS) is 10.5. The number of likely N-dealkylation sites (N-methyl/N-ethyl adjacent to an activating group) is 1. The van der Waals surface area contributed by atoms with Crippen LogP contribution in [0.1, 0.15) is 37.6 Å². The van der Waals surface area contributed by atoms with Crippen molar-refractivity contribution < 1.29 is 9.59 Å². The van der Waals surface area contributed by atoms with Gasteiger partial charge in [-0.3, -0.25) is 9.59 Å². The Hall–Kier alpha value is -1.88. The number of anilines is 1. The van der Waals surface area contributed by atoms with Gasteiger partial charge in [-0.25, -0.2) is 0 Å². The summed E-state index contributed by atoms with van der Waals surface area (Å²) in [4.78, 5) is 25.7. The number of nitrogens with zero attached hydrogens (tertiary/aromatic N) is 1. The number of benzene rings is 1. The second kappa shape index (κ2) is 9.13. The van der Waals surface area contributed by atoms with Crippen molar-refractivity contribution >= 4 is 17.5 Å². The first-order chi connectivity index (χ1) is 10.1. The summed E-state index contributed by atoms with van der Waals surface area (Å²) in [7, 11) is 0. The number of rotatable bonds is 8. The molecule has 1 aromatic rings. The lowest BCUT2D eigenvalue weighted by Crippen LogP contribution is -2.34. The van der Waals surface area contributed by atoms with E-state index in [9.17, 15) is 9.59 Å². The highest BCUT2D eigenvalue weighted by molar-refractivity contribution is 5.97. The van der Waals surface area contributed by atoms with Crippen molar-refractivity contribution in [2.24, 2.45) is 0 Å². The molecule has 0 saturated carbocycles. The van der Waals surface area contributed by atoms with Crippen LogP contribution >= 0.6 is 0 Å². The van der Waals surface area contributed by atoms with Crippen molar-refractivity contribution in [3.05, 3.63) is 29.8 Å². The standard InChI is InChI=1S/C16H25N3O2/c1-4-15(20)18-14-9-7-8-13(12-14)16(21)17-10-11-19(5-2)6-3/h7-9,12H,4-6,10-11H2,1-3H3,(H,17,21)(H,18,20). The molecular weight excluding hydrogens is 266 g/mol. The topological polar surface area (TPSA) is 61.4 Å². The SMILES string of the molecule is CCC(=O)Nc1cccc(C(=O)NCCN(CC)CC)c1. The molecule has 5 nitrogen and oxygen atoms in total. The van der Waals surface area contributed by atoms with Gasteiger partial charge in [0.2, 0.25) is 5.91 Å². The molecule has 0 aliphatic rings. The van der Waals surface area contributed by atoms with Crippen LogP contribution in [0.2, 0.25) is 0 Å². The lowest BCUT2D eigenvalue weighted by atomic mass is 10.2. The molecule has 0 heterocycles. The number of hydrogen-bond acceptors (Lipinski definition) is 3. The van der Waals surface area contributed by atoms with Gasteiger partial charge in [-0.2, -0.15) is 0 Å². The highest BCUT2D eigenvalue weighted by Gasteiger charge is 2.07. The first kappa shape index (κ1) is 17.2. The van der Waals surface area contributed by atoms with Crippen LogP contribution < -0.4 is 10.6 Å². The predicted octanol–water partition coefficient (Wildman–Crippen LogP) is 2.11. The van der Waals surface area contributed by atoms with Crippen LogP contribution in [-0.4, -0.2) is 42.9 Å². The number of carbonyl (C=O) groups excluding carboxylic acids is 2. The molecule has 0 aromatic heterocycles. The lowest BCUT2D eigenvalue weighted by molar-refractivity contribution is -0.115. The zero-order valence-electron chi connectivity index (χ0n) is 13.1. The Morgan fingerprint density at radius 1 is 1.14 bits per heavy atom. The van der Waals surface area contributed by atoms with Gasteiger partial charge in [0.1, 0.15) is 0 Å². The van der Waals surface area contributed by atoms with Crippen LogP contribution in [-0.2, 0) is 4.79 Å². The fourth-order valence-electron chi connectivity index (χ4n) is 1.96. The molecule has 0 fully saturated rings. The summed E-state index contributed by atoms with van der Waals surface area (Å²) in [6.45, 7) is 9.41. The van der Waals surface area contributed by atoms with Crippen molar-refractivity contribution in [1.29, 1.82) is 0 Å². The first-order valence-corrected chi connectivity index (χ1v) is 7.51. The number of carbonyl (C=O) groups is 2. The molecule has 0 unspecified atom stereocenters. The van der Waals surface area contributed by atoms with Gasteiger partial charge >= 0.3 is 0 Å². The van der Waals surface area contributed by atoms with E-state index in [0.29, 0.717) is 24.2 Å².